The van der Waals surface area contributed by atoms with Crippen molar-refractivity contribution in [3.63, 3.8) is 0 Å². The highest BCUT2D eigenvalue weighted by Crippen LogP contribution is 2.39. The van der Waals surface area contributed by atoms with E-state index in [2.05, 4.69) is 16.0 Å². The highest BCUT2D eigenvalue weighted by Gasteiger charge is 2.40. The van der Waals surface area contributed by atoms with Gasteiger partial charge >= 0.3 is 10.2 Å². The molecule has 0 saturated carbocycles. The fraction of sp³-hybridized carbons (Fsp3) is 0.371. The Morgan fingerprint density at radius 3 is 2.50 bits per heavy atom. The molecule has 0 bridgehead atoms. The largest absolute Gasteiger partial charge is 0.506 e. The van der Waals surface area contributed by atoms with Crippen LogP contribution in [0.4, 0.5) is 15.8 Å². The van der Waals surface area contributed by atoms with Crippen molar-refractivity contribution in [3.05, 3.63) is 59.4 Å². The normalized spacial score (nSPS) is 19.8. The van der Waals surface area contributed by atoms with Gasteiger partial charge in [-0.3, -0.25) is 34.1 Å². The molecule has 0 aliphatic carbocycles. The lowest BCUT2D eigenvalue weighted by Gasteiger charge is -2.31. The third-order valence-corrected chi connectivity index (χ3v) is 11.4. The number of aromatic hydroxyl groups is 1. The van der Waals surface area contributed by atoms with Gasteiger partial charge in [-0.05, 0) is 55.0 Å². The molecule has 4 aliphatic rings. The molecule has 7 rings (SSSR count). The quantitative estimate of drug-likeness (QED) is 0.141. The summed E-state index contributed by atoms with van der Waals surface area (Å²) in [6.07, 6.45) is 1.29. The highest BCUT2D eigenvalue weighted by atomic mass is 32.2. The van der Waals surface area contributed by atoms with E-state index in [0.717, 1.165) is 0 Å². The predicted octanol–water partition coefficient (Wildman–Crippen LogP) is 0.472. The molecule has 284 valence electrons. The first-order valence-electron chi connectivity index (χ1n) is 17.3. The van der Waals surface area contributed by atoms with Gasteiger partial charge in [-0.2, -0.15) is 8.42 Å². The van der Waals surface area contributed by atoms with Gasteiger partial charge in [0.25, 0.3) is 11.8 Å². The Hall–Kier alpha value is -5.98. The van der Waals surface area contributed by atoms with Crippen LogP contribution in [0.3, 0.4) is 0 Å². The second kappa shape index (κ2) is 14.4. The topological polar surface area (TPSA) is 224 Å². The van der Waals surface area contributed by atoms with Crippen LogP contribution in [0.1, 0.15) is 41.6 Å². The number of rotatable bonds is 10. The van der Waals surface area contributed by atoms with E-state index >= 15 is 4.39 Å². The summed E-state index contributed by atoms with van der Waals surface area (Å²) < 4.78 is 47.9. The van der Waals surface area contributed by atoms with Crippen molar-refractivity contribution in [3.8, 4) is 11.5 Å². The fourth-order valence-corrected chi connectivity index (χ4v) is 8.36. The number of phenolic OH excluding ortho intramolecular Hbond substituents is 1. The molecule has 4 aliphatic heterocycles. The van der Waals surface area contributed by atoms with Crippen molar-refractivity contribution < 1.29 is 51.4 Å². The minimum absolute atomic E-state index is 0.0335. The maximum Gasteiger partial charge on any atom is 0.326 e. The summed E-state index contributed by atoms with van der Waals surface area (Å²) in [5.41, 5.74) is 1.05. The molecule has 3 aromatic rings. The second-order valence-electron chi connectivity index (χ2n) is 13.4. The molecule has 17 nitrogen and oxygen atoms in total. The molecule has 0 radical (unpaired) electrons. The summed E-state index contributed by atoms with van der Waals surface area (Å²) in [7, 11) is -4.37. The fourth-order valence-electron chi connectivity index (χ4n) is 7.19. The Balaban J connectivity index is 0.866. The van der Waals surface area contributed by atoms with Gasteiger partial charge in [-0.25, -0.2) is 13.4 Å². The first-order chi connectivity index (χ1) is 25.8. The summed E-state index contributed by atoms with van der Waals surface area (Å²) >= 11 is 0. The molecule has 3 fully saturated rings. The lowest BCUT2D eigenvalue weighted by molar-refractivity contribution is -0.137. The van der Waals surface area contributed by atoms with E-state index in [-0.39, 0.29) is 85.2 Å². The van der Waals surface area contributed by atoms with E-state index < -0.39 is 51.9 Å². The van der Waals surface area contributed by atoms with Crippen molar-refractivity contribution in [1.29, 1.82) is 0 Å². The van der Waals surface area contributed by atoms with Gasteiger partial charge in [-0.15, -0.1) is 0 Å². The zero-order valence-corrected chi connectivity index (χ0v) is 29.5. The average molecular weight is 766 g/mol. The van der Waals surface area contributed by atoms with Crippen LogP contribution in [-0.4, -0.2) is 104 Å². The molecule has 3 aromatic carbocycles. The maximum atomic E-state index is 15.5. The number of imide groups is 1. The molecule has 5 N–H and O–H groups in total. The Morgan fingerprint density at radius 2 is 1.78 bits per heavy atom. The minimum Gasteiger partial charge on any atom is -0.506 e. The van der Waals surface area contributed by atoms with Gasteiger partial charge in [0.1, 0.15) is 36.4 Å². The van der Waals surface area contributed by atoms with E-state index in [4.69, 9.17) is 4.74 Å². The van der Waals surface area contributed by atoms with Crippen LogP contribution in [-0.2, 0) is 40.7 Å². The number of piperidine rings is 2. The Bertz CT molecular complexity index is 2210. The number of hydrogen-bond acceptors (Lipinski definition) is 11. The molecule has 1 unspecified atom stereocenters. The van der Waals surface area contributed by atoms with E-state index in [1.165, 1.54) is 29.2 Å². The molecule has 1 atom stereocenters. The first kappa shape index (κ1) is 36.4. The predicted molar refractivity (Wildman–Crippen MR) is 189 cm³/mol. The minimum atomic E-state index is -4.37. The monoisotopic (exact) mass is 765 g/mol. The number of carbonyl (C=O) groups excluding carboxylic acids is 6. The smallest absolute Gasteiger partial charge is 0.326 e. The lowest BCUT2D eigenvalue weighted by Crippen LogP contribution is -2.52. The Kier molecular flexibility index (Phi) is 9.73. The Morgan fingerprint density at radius 1 is 1.00 bits per heavy atom. The van der Waals surface area contributed by atoms with Crippen molar-refractivity contribution in [1.82, 2.24) is 25.2 Å². The number of ether oxygens (including phenoxy) is 1. The standard InChI is InChI=1S/C35H36FN7O10S/c36-31-23-15-21(5-4-20(23)14-27(44)32(31)43-18-29(46)40-54(43,51)52)53-13-10-37-33(48)19-8-11-41(12-9-19)30(47)16-38-25-3-1-2-22-24(25)17-42(35(22)50)26-6-7-28(45)39-34(26)49/h1-5,14-15,19,26,38,44H,6-13,16-18H2,(H,37,48)(H,40,46)(H,39,45,49). The van der Waals surface area contributed by atoms with Crippen molar-refractivity contribution in [2.75, 3.05) is 49.0 Å². The molecule has 54 heavy (non-hydrogen) atoms. The number of likely N-dealkylation sites (tertiary alicyclic amines) is 1. The second-order valence-corrected chi connectivity index (χ2v) is 15.0. The number of phenols is 1. The van der Waals surface area contributed by atoms with Crippen LogP contribution in [0.5, 0.6) is 11.5 Å². The third kappa shape index (κ3) is 7.05. The summed E-state index contributed by atoms with van der Waals surface area (Å²) in [6, 6.07) is 9.91. The first-order valence-corrected chi connectivity index (χ1v) is 18.7. The number of amides is 6. The van der Waals surface area contributed by atoms with Gasteiger partial charge in [-0.1, -0.05) is 12.1 Å². The van der Waals surface area contributed by atoms with E-state index in [9.17, 15) is 42.3 Å². The zero-order chi connectivity index (χ0) is 38.3. The molecule has 4 heterocycles. The molecular formula is C35H36FN7O10S. The summed E-state index contributed by atoms with van der Waals surface area (Å²) in [5.74, 6) is -4.22. The summed E-state index contributed by atoms with van der Waals surface area (Å²) in [6.45, 7) is 0.356. The molecular weight excluding hydrogens is 729 g/mol. The number of hydrogen-bond donors (Lipinski definition) is 5. The average Bonchev–Trinajstić information content (AvgIpc) is 3.62. The zero-order valence-electron chi connectivity index (χ0n) is 28.7. The number of carbonyl (C=O) groups is 6. The molecule has 0 spiro atoms. The number of halogens is 1. The van der Waals surface area contributed by atoms with E-state index in [1.807, 2.05) is 0 Å². The van der Waals surface area contributed by atoms with Crippen LogP contribution >= 0.6 is 0 Å². The van der Waals surface area contributed by atoms with Crippen LogP contribution in [0.25, 0.3) is 10.8 Å². The van der Waals surface area contributed by atoms with Crippen LogP contribution in [0, 0.1) is 11.7 Å². The molecule has 19 heteroatoms. The maximum absolute atomic E-state index is 15.5. The number of nitrogens with zero attached hydrogens (tertiary/aromatic N) is 3. The third-order valence-electron chi connectivity index (χ3n) is 9.97. The number of nitrogens with one attached hydrogen (secondary N) is 4. The van der Waals surface area contributed by atoms with Gasteiger partial charge in [0.2, 0.25) is 23.6 Å². The van der Waals surface area contributed by atoms with Crippen LogP contribution in [0.2, 0.25) is 0 Å². The van der Waals surface area contributed by atoms with Crippen LogP contribution in [0.15, 0.2) is 42.5 Å². The van der Waals surface area contributed by atoms with Gasteiger partial charge in [0.15, 0.2) is 5.82 Å². The van der Waals surface area contributed by atoms with Crippen molar-refractivity contribution in [2.24, 2.45) is 5.92 Å². The number of anilines is 2. The Labute approximate surface area is 307 Å². The molecule has 3 saturated heterocycles. The van der Waals surface area contributed by atoms with Crippen LogP contribution < -0.4 is 29.7 Å². The van der Waals surface area contributed by atoms with E-state index in [0.29, 0.717) is 47.1 Å². The molecule has 0 aromatic heterocycles. The van der Waals surface area contributed by atoms with E-state index in [1.54, 1.807) is 27.8 Å². The SMILES string of the molecule is O=C1CCC(N2Cc3c(NCC(=O)N4CCC(C(=O)NCCOc5ccc6cc(O)c(N7CC(=O)NS7(=O)=O)c(F)c6c5)CC4)cccc3C2=O)C(=O)N1. The summed E-state index contributed by atoms with van der Waals surface area (Å²) in [4.78, 5) is 77.8. The molecule has 6 amide bonds. The van der Waals surface area contributed by atoms with Gasteiger partial charge in [0, 0.05) is 54.2 Å². The van der Waals surface area contributed by atoms with Crippen molar-refractivity contribution >= 4 is 67.8 Å². The lowest BCUT2D eigenvalue weighted by atomic mass is 9.96. The number of fused-ring (bicyclic) bond motifs is 2. The summed E-state index contributed by atoms with van der Waals surface area (Å²) in [5, 5.41) is 18.8. The highest BCUT2D eigenvalue weighted by molar-refractivity contribution is 7.92. The number of benzene rings is 3. The van der Waals surface area contributed by atoms with Gasteiger partial charge < -0.3 is 30.3 Å². The van der Waals surface area contributed by atoms with Gasteiger partial charge in [0.05, 0.1) is 13.1 Å². The van der Waals surface area contributed by atoms with Crippen molar-refractivity contribution in [2.45, 2.75) is 38.3 Å².